The van der Waals surface area contributed by atoms with E-state index in [2.05, 4.69) is 66.0 Å². The van der Waals surface area contributed by atoms with Crippen LogP contribution >= 0.6 is 24.0 Å². The van der Waals surface area contributed by atoms with E-state index < -0.39 is 5.97 Å². The van der Waals surface area contributed by atoms with Crippen LogP contribution in [0, 0.1) is 5.92 Å². The highest BCUT2D eigenvalue weighted by Gasteiger charge is 2.55. The number of halogens is 2. The lowest BCUT2D eigenvalue weighted by atomic mass is 9.86. The van der Waals surface area contributed by atoms with Gasteiger partial charge in [0.25, 0.3) is 0 Å². The summed E-state index contributed by atoms with van der Waals surface area (Å²) in [5.41, 5.74) is 3.96. The van der Waals surface area contributed by atoms with E-state index in [0.717, 1.165) is 37.9 Å². The second-order valence-electron chi connectivity index (χ2n) is 8.00. The van der Waals surface area contributed by atoms with Gasteiger partial charge in [0.05, 0.1) is 10.6 Å². The minimum atomic E-state index is -0.980. The molecule has 0 bridgehead atoms. The van der Waals surface area contributed by atoms with Gasteiger partial charge in [-0.2, -0.15) is 0 Å². The molecule has 3 aromatic rings. The number of benzene rings is 3. The van der Waals surface area contributed by atoms with Crippen LogP contribution < -0.4 is 5.32 Å². The Kier molecular flexibility index (Phi) is 7.77. The monoisotopic (exact) mass is 455 g/mol. The van der Waals surface area contributed by atoms with E-state index in [1.807, 2.05) is 6.07 Å². The molecule has 1 unspecified atom stereocenters. The van der Waals surface area contributed by atoms with Gasteiger partial charge in [-0.15, -0.1) is 12.4 Å². The molecular formula is C26H27Cl2NO2. The first-order valence-electron chi connectivity index (χ1n) is 10.5. The number of hydrogen-bond donors (Lipinski definition) is 2. The largest absolute Gasteiger partial charge is 0.478 e. The fourth-order valence-corrected chi connectivity index (χ4v) is 4.84. The van der Waals surface area contributed by atoms with Crippen LogP contribution in [-0.4, -0.2) is 24.2 Å². The molecule has 0 amide bonds. The summed E-state index contributed by atoms with van der Waals surface area (Å²) in [6.45, 7) is 1.84. The Morgan fingerprint density at radius 2 is 1.58 bits per heavy atom. The SMILES string of the molecule is Cl.O=C(O)c1cccc(CCCNCC2CC2(c2ccccc2)c2ccccc2)c1Cl. The van der Waals surface area contributed by atoms with Crippen molar-refractivity contribution in [3.05, 3.63) is 106 Å². The second kappa shape index (κ2) is 10.3. The third-order valence-corrected chi connectivity index (χ3v) is 6.63. The molecule has 0 aliphatic heterocycles. The van der Waals surface area contributed by atoms with E-state index in [1.54, 1.807) is 12.1 Å². The fraction of sp³-hybridized carbons (Fsp3) is 0.269. The van der Waals surface area contributed by atoms with Gasteiger partial charge in [-0.25, -0.2) is 4.79 Å². The quantitative estimate of drug-likeness (QED) is 0.389. The summed E-state index contributed by atoms with van der Waals surface area (Å²) in [7, 11) is 0. The molecule has 1 fully saturated rings. The Labute approximate surface area is 194 Å². The van der Waals surface area contributed by atoms with Crippen molar-refractivity contribution in [1.29, 1.82) is 0 Å². The Balaban J connectivity index is 0.00000272. The molecule has 2 N–H and O–H groups in total. The van der Waals surface area contributed by atoms with Gasteiger partial charge in [-0.3, -0.25) is 0 Å². The zero-order valence-corrected chi connectivity index (χ0v) is 18.8. The molecule has 0 aromatic heterocycles. The van der Waals surface area contributed by atoms with E-state index in [0.29, 0.717) is 10.9 Å². The van der Waals surface area contributed by atoms with Crippen molar-refractivity contribution < 1.29 is 9.90 Å². The second-order valence-corrected chi connectivity index (χ2v) is 8.37. The van der Waals surface area contributed by atoms with Crippen molar-refractivity contribution in [3.8, 4) is 0 Å². The fourth-order valence-electron chi connectivity index (χ4n) is 4.54. The van der Waals surface area contributed by atoms with Gasteiger partial charge in [-0.1, -0.05) is 84.4 Å². The average molecular weight is 456 g/mol. The number of aryl methyl sites for hydroxylation is 1. The molecule has 0 saturated heterocycles. The number of hydrogen-bond acceptors (Lipinski definition) is 2. The Bertz CT molecular complexity index is 969. The highest BCUT2D eigenvalue weighted by Crippen LogP contribution is 2.58. The molecule has 1 aliphatic carbocycles. The molecule has 1 atom stereocenters. The van der Waals surface area contributed by atoms with E-state index in [4.69, 9.17) is 11.6 Å². The average Bonchev–Trinajstić information content (AvgIpc) is 3.51. The minimum absolute atomic E-state index is 0. The molecule has 0 radical (unpaired) electrons. The maximum Gasteiger partial charge on any atom is 0.337 e. The highest BCUT2D eigenvalue weighted by molar-refractivity contribution is 6.34. The number of carboxylic acid groups (broad SMARTS) is 1. The van der Waals surface area contributed by atoms with Crippen molar-refractivity contribution in [3.63, 3.8) is 0 Å². The summed E-state index contributed by atoms with van der Waals surface area (Å²) >= 11 is 6.25. The van der Waals surface area contributed by atoms with Gasteiger partial charge in [0.1, 0.15) is 0 Å². The lowest BCUT2D eigenvalue weighted by Crippen LogP contribution is -2.23. The van der Waals surface area contributed by atoms with Crippen LogP contribution in [0.15, 0.2) is 78.9 Å². The Morgan fingerprint density at radius 1 is 0.968 bits per heavy atom. The Morgan fingerprint density at radius 3 is 2.16 bits per heavy atom. The minimum Gasteiger partial charge on any atom is -0.478 e. The number of aromatic carboxylic acids is 1. The van der Waals surface area contributed by atoms with E-state index in [1.165, 1.54) is 11.1 Å². The topological polar surface area (TPSA) is 49.3 Å². The van der Waals surface area contributed by atoms with Crippen LogP contribution in [0.5, 0.6) is 0 Å². The van der Waals surface area contributed by atoms with Gasteiger partial charge in [0.2, 0.25) is 0 Å². The normalized spacial score (nSPS) is 16.4. The molecule has 1 aliphatic rings. The lowest BCUT2D eigenvalue weighted by Gasteiger charge is -2.19. The predicted molar refractivity (Wildman–Crippen MR) is 129 cm³/mol. The van der Waals surface area contributed by atoms with Crippen molar-refractivity contribution in [2.45, 2.75) is 24.7 Å². The molecular weight excluding hydrogens is 429 g/mol. The molecule has 31 heavy (non-hydrogen) atoms. The van der Waals surface area contributed by atoms with Gasteiger partial charge in [-0.05, 0) is 61.0 Å². The molecule has 4 rings (SSSR count). The molecule has 162 valence electrons. The van der Waals surface area contributed by atoms with Crippen LogP contribution in [0.1, 0.15) is 39.9 Å². The molecule has 3 nitrogen and oxygen atoms in total. The first-order valence-corrected chi connectivity index (χ1v) is 10.8. The van der Waals surface area contributed by atoms with Gasteiger partial charge in [0, 0.05) is 5.41 Å². The number of carbonyl (C=O) groups is 1. The first kappa shape index (κ1) is 23.3. The van der Waals surface area contributed by atoms with Crippen molar-refractivity contribution in [2.24, 2.45) is 5.92 Å². The zero-order chi connectivity index (χ0) is 21.0. The van der Waals surface area contributed by atoms with E-state index in [9.17, 15) is 9.90 Å². The third kappa shape index (κ3) is 4.95. The van der Waals surface area contributed by atoms with Crippen LogP contribution in [0.25, 0.3) is 0 Å². The summed E-state index contributed by atoms with van der Waals surface area (Å²) < 4.78 is 0. The van der Waals surface area contributed by atoms with Crippen LogP contribution in [0.3, 0.4) is 0 Å². The van der Waals surface area contributed by atoms with Crippen LogP contribution in [-0.2, 0) is 11.8 Å². The molecule has 1 saturated carbocycles. The third-order valence-electron chi connectivity index (χ3n) is 6.18. The van der Waals surface area contributed by atoms with Gasteiger partial charge < -0.3 is 10.4 Å². The van der Waals surface area contributed by atoms with Crippen LogP contribution in [0.4, 0.5) is 0 Å². The summed E-state index contributed by atoms with van der Waals surface area (Å²) in [6, 6.07) is 26.8. The first-order chi connectivity index (χ1) is 14.6. The maximum atomic E-state index is 11.2. The Hall–Kier alpha value is -2.33. The predicted octanol–water partition coefficient (Wildman–Crippen LogP) is 5.99. The number of nitrogens with one attached hydrogen (secondary N) is 1. The zero-order valence-electron chi connectivity index (χ0n) is 17.3. The summed E-state index contributed by atoms with van der Waals surface area (Å²) in [4.78, 5) is 11.2. The highest BCUT2D eigenvalue weighted by atomic mass is 35.5. The van der Waals surface area contributed by atoms with E-state index in [-0.39, 0.29) is 23.4 Å². The summed E-state index contributed by atoms with van der Waals surface area (Å²) in [5, 5.41) is 13.2. The van der Waals surface area contributed by atoms with Gasteiger partial charge in [0.15, 0.2) is 0 Å². The lowest BCUT2D eigenvalue weighted by molar-refractivity contribution is 0.0697. The van der Waals surface area contributed by atoms with Crippen molar-refractivity contribution in [2.75, 3.05) is 13.1 Å². The van der Waals surface area contributed by atoms with Gasteiger partial charge >= 0.3 is 5.97 Å². The molecule has 0 spiro atoms. The van der Waals surface area contributed by atoms with E-state index >= 15 is 0 Å². The molecule has 0 heterocycles. The number of rotatable bonds is 9. The molecule has 3 aromatic carbocycles. The number of carboxylic acids is 1. The standard InChI is InChI=1S/C26H26ClNO2.ClH/c27-24-19(9-7-15-23(24)25(29)30)10-8-16-28-18-22-17-26(22,20-11-3-1-4-12-20)21-13-5-2-6-14-21;/h1-7,9,11-15,22,28H,8,10,16-18H2,(H,29,30);1H. The van der Waals surface area contributed by atoms with Crippen molar-refractivity contribution >= 4 is 30.0 Å². The maximum absolute atomic E-state index is 11.2. The summed E-state index contributed by atoms with van der Waals surface area (Å²) in [6.07, 6.45) is 2.83. The van der Waals surface area contributed by atoms with Crippen LogP contribution in [0.2, 0.25) is 5.02 Å². The summed E-state index contributed by atoms with van der Waals surface area (Å²) in [5.74, 6) is -0.409. The van der Waals surface area contributed by atoms with Crippen molar-refractivity contribution in [1.82, 2.24) is 5.32 Å². The smallest absolute Gasteiger partial charge is 0.337 e. The molecule has 5 heteroatoms.